The Balaban J connectivity index is 1.38. The number of carbonyl (C=O) groups is 1. The maximum absolute atomic E-state index is 12.8. The van der Waals surface area contributed by atoms with Gasteiger partial charge in [-0.15, -0.1) is 0 Å². The largest absolute Gasteiger partial charge is 0.480 e. The summed E-state index contributed by atoms with van der Waals surface area (Å²) in [7, 11) is 0. The lowest BCUT2D eigenvalue weighted by Crippen LogP contribution is -2.52. The highest BCUT2D eigenvalue weighted by Gasteiger charge is 2.34. The van der Waals surface area contributed by atoms with E-state index in [1.54, 1.807) is 12.1 Å². The fraction of sp³-hybridized carbons (Fsp3) is 0.350. The van der Waals surface area contributed by atoms with E-state index in [-0.39, 0.29) is 5.91 Å². The Labute approximate surface area is 152 Å². The molecule has 1 atom stereocenters. The van der Waals surface area contributed by atoms with Gasteiger partial charge in [0.1, 0.15) is 11.6 Å². The third-order valence-corrected chi connectivity index (χ3v) is 4.93. The summed E-state index contributed by atoms with van der Waals surface area (Å²) >= 11 is 0. The van der Waals surface area contributed by atoms with Gasteiger partial charge in [-0.05, 0) is 42.8 Å². The average Bonchev–Trinajstić information content (AvgIpc) is 3.10. The molecule has 0 radical (unpaired) electrons. The maximum atomic E-state index is 12.8. The molecule has 1 amide bonds. The molecular formula is C20H20N4O2. The van der Waals surface area contributed by atoms with Crippen LogP contribution in [0.1, 0.15) is 16.8 Å². The lowest BCUT2D eigenvalue weighted by atomic mass is 10.1. The molecule has 0 bridgehead atoms. The molecule has 6 heteroatoms. The third-order valence-electron chi connectivity index (χ3n) is 4.93. The third kappa shape index (κ3) is 3.08. The van der Waals surface area contributed by atoms with Gasteiger partial charge in [-0.3, -0.25) is 4.79 Å². The zero-order valence-electron chi connectivity index (χ0n) is 14.7. The lowest BCUT2D eigenvalue weighted by Gasteiger charge is -2.36. The smallest absolute Gasteiger partial charge is 0.264 e. The second kappa shape index (κ2) is 6.68. The molecule has 0 spiro atoms. The van der Waals surface area contributed by atoms with Crippen molar-refractivity contribution in [1.29, 1.82) is 5.26 Å². The van der Waals surface area contributed by atoms with Crippen LogP contribution in [0, 0.1) is 18.3 Å². The molecule has 2 aliphatic rings. The number of nitrogens with zero attached hydrogens (tertiary/aromatic N) is 4. The van der Waals surface area contributed by atoms with E-state index in [1.807, 2.05) is 36.1 Å². The quantitative estimate of drug-likeness (QED) is 0.829. The van der Waals surface area contributed by atoms with Gasteiger partial charge in [-0.2, -0.15) is 5.26 Å². The molecule has 0 N–H and O–H groups in total. The fourth-order valence-corrected chi connectivity index (χ4v) is 3.52. The van der Waals surface area contributed by atoms with E-state index in [4.69, 9.17) is 10.00 Å². The molecule has 1 aromatic heterocycles. The fourth-order valence-electron chi connectivity index (χ4n) is 3.52. The highest BCUT2D eigenvalue weighted by molar-refractivity contribution is 5.83. The number of piperazine rings is 1. The van der Waals surface area contributed by atoms with Gasteiger partial charge in [-0.25, -0.2) is 4.98 Å². The van der Waals surface area contributed by atoms with E-state index in [1.165, 1.54) is 0 Å². The molecule has 6 nitrogen and oxygen atoms in total. The van der Waals surface area contributed by atoms with Gasteiger partial charge in [0.05, 0.1) is 11.6 Å². The van der Waals surface area contributed by atoms with Crippen molar-refractivity contribution in [2.75, 3.05) is 31.1 Å². The first-order chi connectivity index (χ1) is 12.6. The zero-order valence-corrected chi connectivity index (χ0v) is 14.7. The first-order valence-corrected chi connectivity index (χ1v) is 8.81. The molecule has 26 heavy (non-hydrogen) atoms. The molecule has 1 unspecified atom stereocenters. The minimum Gasteiger partial charge on any atom is -0.480 e. The molecule has 3 heterocycles. The summed E-state index contributed by atoms with van der Waals surface area (Å²) in [6.45, 7) is 4.83. The van der Waals surface area contributed by atoms with Crippen LogP contribution in [0.2, 0.25) is 0 Å². The summed E-state index contributed by atoms with van der Waals surface area (Å²) in [6, 6.07) is 13.4. The molecular weight excluding hydrogens is 328 g/mol. The van der Waals surface area contributed by atoms with Gasteiger partial charge >= 0.3 is 0 Å². The SMILES string of the molecule is Cc1cccc(N2CCN(C(=O)C3Cc4cc(C#N)ccc4O3)CC2)n1. The summed E-state index contributed by atoms with van der Waals surface area (Å²) in [5, 5.41) is 9.01. The van der Waals surface area contributed by atoms with E-state index < -0.39 is 6.10 Å². The van der Waals surface area contributed by atoms with E-state index in [0.29, 0.717) is 30.8 Å². The van der Waals surface area contributed by atoms with Crippen molar-refractivity contribution in [1.82, 2.24) is 9.88 Å². The molecule has 2 aliphatic heterocycles. The molecule has 0 saturated carbocycles. The average molecular weight is 348 g/mol. The number of nitriles is 1. The minimum atomic E-state index is -0.484. The van der Waals surface area contributed by atoms with Crippen molar-refractivity contribution in [3.05, 3.63) is 53.2 Å². The summed E-state index contributed by atoms with van der Waals surface area (Å²) in [5.41, 5.74) is 2.53. The number of pyridine rings is 1. The summed E-state index contributed by atoms with van der Waals surface area (Å²) < 4.78 is 5.82. The summed E-state index contributed by atoms with van der Waals surface area (Å²) in [4.78, 5) is 21.5. The molecule has 132 valence electrons. The molecule has 0 aliphatic carbocycles. The van der Waals surface area contributed by atoms with Crippen LogP contribution in [0.15, 0.2) is 36.4 Å². The normalized spacial score (nSPS) is 18.8. The van der Waals surface area contributed by atoms with Gasteiger partial charge < -0.3 is 14.5 Å². The number of amides is 1. The predicted octanol–water partition coefficient (Wildman–Crippen LogP) is 1.91. The van der Waals surface area contributed by atoms with E-state index in [9.17, 15) is 4.79 Å². The number of hydrogen-bond donors (Lipinski definition) is 0. The van der Waals surface area contributed by atoms with Gasteiger partial charge in [0.15, 0.2) is 6.10 Å². The number of benzene rings is 1. The Morgan fingerprint density at radius 2 is 2.04 bits per heavy atom. The van der Waals surface area contributed by atoms with Crippen LogP contribution in [0.3, 0.4) is 0 Å². The summed E-state index contributed by atoms with van der Waals surface area (Å²) in [5.74, 6) is 1.70. The van der Waals surface area contributed by atoms with Crippen molar-refractivity contribution >= 4 is 11.7 Å². The number of fused-ring (bicyclic) bond motifs is 1. The number of anilines is 1. The predicted molar refractivity (Wildman–Crippen MR) is 97.0 cm³/mol. The standard InChI is InChI=1S/C20H20N4O2/c1-14-3-2-4-19(22-14)23-7-9-24(10-8-23)20(25)18-12-16-11-15(13-21)5-6-17(16)26-18/h2-6,11,18H,7-10,12H2,1H3. The number of rotatable bonds is 2. The second-order valence-corrected chi connectivity index (χ2v) is 6.69. The van der Waals surface area contributed by atoms with E-state index in [0.717, 1.165) is 30.2 Å². The van der Waals surface area contributed by atoms with Crippen LogP contribution in [0.4, 0.5) is 5.82 Å². The van der Waals surface area contributed by atoms with Crippen molar-refractivity contribution in [2.24, 2.45) is 0 Å². The number of ether oxygens (including phenoxy) is 1. The first-order valence-electron chi connectivity index (χ1n) is 8.81. The Kier molecular flexibility index (Phi) is 4.21. The monoisotopic (exact) mass is 348 g/mol. The van der Waals surface area contributed by atoms with Gasteiger partial charge in [0, 0.05) is 38.3 Å². The van der Waals surface area contributed by atoms with Crippen molar-refractivity contribution in [3.8, 4) is 11.8 Å². The molecule has 1 fully saturated rings. The Morgan fingerprint density at radius 1 is 1.23 bits per heavy atom. The van der Waals surface area contributed by atoms with E-state index >= 15 is 0 Å². The van der Waals surface area contributed by atoms with Crippen LogP contribution in [-0.4, -0.2) is 48.1 Å². The summed E-state index contributed by atoms with van der Waals surface area (Å²) in [6.07, 6.45) is 0.0474. The van der Waals surface area contributed by atoms with E-state index in [2.05, 4.69) is 16.0 Å². The Hall–Kier alpha value is -3.07. The minimum absolute atomic E-state index is 0.0246. The molecule has 1 aromatic carbocycles. The van der Waals surface area contributed by atoms with Crippen LogP contribution in [-0.2, 0) is 11.2 Å². The number of hydrogen-bond acceptors (Lipinski definition) is 5. The van der Waals surface area contributed by atoms with Crippen LogP contribution < -0.4 is 9.64 Å². The second-order valence-electron chi connectivity index (χ2n) is 6.69. The maximum Gasteiger partial charge on any atom is 0.264 e. The Morgan fingerprint density at radius 3 is 2.77 bits per heavy atom. The zero-order chi connectivity index (χ0) is 18.1. The highest BCUT2D eigenvalue weighted by atomic mass is 16.5. The number of carbonyl (C=O) groups excluding carboxylic acids is 1. The van der Waals surface area contributed by atoms with Crippen LogP contribution >= 0.6 is 0 Å². The topological polar surface area (TPSA) is 69.5 Å². The molecule has 4 rings (SSSR count). The van der Waals surface area contributed by atoms with Gasteiger partial charge in [-0.1, -0.05) is 6.07 Å². The van der Waals surface area contributed by atoms with Crippen LogP contribution in [0.5, 0.6) is 5.75 Å². The number of aromatic nitrogens is 1. The highest BCUT2D eigenvalue weighted by Crippen LogP contribution is 2.30. The van der Waals surface area contributed by atoms with Gasteiger partial charge in [0.25, 0.3) is 5.91 Å². The van der Waals surface area contributed by atoms with Gasteiger partial charge in [0.2, 0.25) is 0 Å². The van der Waals surface area contributed by atoms with Crippen LogP contribution in [0.25, 0.3) is 0 Å². The lowest BCUT2D eigenvalue weighted by molar-refractivity contribution is -0.138. The van der Waals surface area contributed by atoms with Crippen molar-refractivity contribution in [2.45, 2.75) is 19.4 Å². The van der Waals surface area contributed by atoms with Crippen molar-refractivity contribution in [3.63, 3.8) is 0 Å². The Bertz CT molecular complexity index is 882. The molecule has 1 saturated heterocycles. The first kappa shape index (κ1) is 16.4. The molecule has 2 aromatic rings. The van der Waals surface area contributed by atoms with Crippen molar-refractivity contribution < 1.29 is 9.53 Å². The number of aryl methyl sites for hydroxylation is 1.